The van der Waals surface area contributed by atoms with Crippen LogP contribution in [0.15, 0.2) is 0 Å². The van der Waals surface area contributed by atoms with Gasteiger partial charge in [-0.05, 0) is 38.0 Å². The van der Waals surface area contributed by atoms with E-state index in [1.54, 1.807) is 4.90 Å². The van der Waals surface area contributed by atoms with Crippen LogP contribution in [0.2, 0.25) is 0 Å². The van der Waals surface area contributed by atoms with Crippen LogP contribution in [-0.2, 0) is 19.1 Å². The molecule has 3 aliphatic rings. The normalized spacial score (nSPS) is 22.0. The topological polar surface area (TPSA) is 117 Å². The third kappa shape index (κ3) is 6.91. The Morgan fingerprint density at radius 3 is 2.21 bits per heavy atom. The van der Waals surface area contributed by atoms with Gasteiger partial charge in [0.15, 0.2) is 0 Å². The summed E-state index contributed by atoms with van der Waals surface area (Å²) in [5.41, 5.74) is -1.06. The lowest BCUT2D eigenvalue weighted by molar-refractivity contribution is -0.141. The number of amides is 4. The van der Waals surface area contributed by atoms with Crippen LogP contribution in [0.25, 0.3) is 0 Å². The van der Waals surface area contributed by atoms with Gasteiger partial charge in [0.25, 0.3) is 5.91 Å². The van der Waals surface area contributed by atoms with Gasteiger partial charge < -0.3 is 25.6 Å². The Labute approximate surface area is 196 Å². The van der Waals surface area contributed by atoms with Crippen molar-refractivity contribution in [1.29, 1.82) is 0 Å². The lowest BCUT2D eigenvalue weighted by Crippen LogP contribution is -2.65. The molecule has 2 saturated carbocycles. The number of ketones is 1. The molecule has 186 valence electrons. The monoisotopic (exact) mass is 464 g/mol. The van der Waals surface area contributed by atoms with Crippen molar-refractivity contribution >= 4 is 23.6 Å². The summed E-state index contributed by atoms with van der Waals surface area (Å²) in [4.78, 5) is 53.8. The predicted octanol–water partition coefficient (Wildman–Crippen LogP) is 1.89. The molecule has 1 heterocycles. The molecule has 0 aromatic rings. The van der Waals surface area contributed by atoms with Gasteiger partial charge in [-0.3, -0.25) is 14.4 Å². The van der Waals surface area contributed by atoms with Gasteiger partial charge in [0, 0.05) is 19.1 Å². The lowest BCUT2D eigenvalue weighted by Gasteiger charge is -2.39. The SMILES string of the molecule is CC(C)C[C@H](NC(=O)C1(NC(=O)N2CCOCC2)CCCCC1)C(=O)C(=O)NC1CCCC1. The van der Waals surface area contributed by atoms with E-state index in [0.29, 0.717) is 45.6 Å². The van der Waals surface area contributed by atoms with Crippen LogP contribution in [0.3, 0.4) is 0 Å². The number of nitrogens with zero attached hydrogens (tertiary/aromatic N) is 1. The first-order valence-electron chi connectivity index (χ1n) is 12.6. The fourth-order valence-electron chi connectivity index (χ4n) is 5.10. The number of hydrogen-bond donors (Lipinski definition) is 3. The summed E-state index contributed by atoms with van der Waals surface area (Å²) >= 11 is 0. The highest BCUT2D eigenvalue weighted by atomic mass is 16.5. The minimum Gasteiger partial charge on any atom is -0.378 e. The van der Waals surface area contributed by atoms with Crippen LogP contribution >= 0.6 is 0 Å². The summed E-state index contributed by atoms with van der Waals surface area (Å²) in [6, 6.07) is -1.14. The summed E-state index contributed by atoms with van der Waals surface area (Å²) in [6.45, 7) is 5.84. The molecule has 0 unspecified atom stereocenters. The highest BCUT2D eigenvalue weighted by molar-refractivity contribution is 6.38. The Morgan fingerprint density at radius 2 is 1.61 bits per heavy atom. The summed E-state index contributed by atoms with van der Waals surface area (Å²) in [6.07, 6.45) is 7.93. The van der Waals surface area contributed by atoms with Crippen LogP contribution in [0.4, 0.5) is 4.79 Å². The molecule has 9 heteroatoms. The third-order valence-corrected chi connectivity index (χ3v) is 7.03. The Hall–Kier alpha value is -2.16. The van der Waals surface area contributed by atoms with Gasteiger partial charge in [0.2, 0.25) is 11.7 Å². The van der Waals surface area contributed by atoms with Gasteiger partial charge in [-0.15, -0.1) is 0 Å². The van der Waals surface area contributed by atoms with E-state index in [4.69, 9.17) is 4.74 Å². The summed E-state index contributed by atoms with van der Waals surface area (Å²) in [5, 5.41) is 8.70. The second-order valence-corrected chi connectivity index (χ2v) is 10.1. The average molecular weight is 465 g/mol. The first-order chi connectivity index (χ1) is 15.8. The smallest absolute Gasteiger partial charge is 0.318 e. The van der Waals surface area contributed by atoms with Crippen molar-refractivity contribution in [1.82, 2.24) is 20.9 Å². The lowest BCUT2D eigenvalue weighted by atomic mass is 9.80. The van der Waals surface area contributed by atoms with E-state index < -0.39 is 23.3 Å². The second kappa shape index (κ2) is 11.8. The first kappa shape index (κ1) is 25.5. The van der Waals surface area contributed by atoms with Crippen molar-refractivity contribution in [2.45, 2.75) is 95.7 Å². The number of rotatable bonds is 8. The molecule has 3 rings (SSSR count). The third-order valence-electron chi connectivity index (χ3n) is 7.03. The molecular formula is C24H40N4O5. The Kier molecular flexibility index (Phi) is 9.11. The van der Waals surface area contributed by atoms with E-state index in [2.05, 4.69) is 16.0 Å². The van der Waals surface area contributed by atoms with Crippen LogP contribution in [0.5, 0.6) is 0 Å². The van der Waals surface area contributed by atoms with E-state index in [0.717, 1.165) is 44.9 Å². The molecule has 1 aliphatic heterocycles. The summed E-state index contributed by atoms with van der Waals surface area (Å²) in [7, 11) is 0. The van der Waals surface area contributed by atoms with E-state index in [9.17, 15) is 19.2 Å². The molecule has 4 amide bonds. The van der Waals surface area contributed by atoms with E-state index >= 15 is 0 Å². The number of Topliss-reactive ketones (excluding diaryl/α,β-unsaturated/α-hetero) is 1. The number of urea groups is 1. The van der Waals surface area contributed by atoms with Crippen molar-refractivity contribution in [2.24, 2.45) is 5.92 Å². The van der Waals surface area contributed by atoms with Crippen molar-refractivity contribution in [3.05, 3.63) is 0 Å². The largest absolute Gasteiger partial charge is 0.378 e. The quantitative estimate of drug-likeness (QED) is 0.474. The van der Waals surface area contributed by atoms with Crippen molar-refractivity contribution in [3.8, 4) is 0 Å². The van der Waals surface area contributed by atoms with Crippen molar-refractivity contribution in [2.75, 3.05) is 26.3 Å². The number of nitrogens with one attached hydrogen (secondary N) is 3. The second-order valence-electron chi connectivity index (χ2n) is 10.1. The van der Waals surface area contributed by atoms with Crippen LogP contribution in [0, 0.1) is 5.92 Å². The number of ether oxygens (including phenoxy) is 1. The van der Waals surface area contributed by atoms with Crippen LogP contribution in [-0.4, -0.2) is 72.5 Å². The minimum atomic E-state index is -1.06. The standard InChI is InChI=1S/C24H40N4O5/c1-17(2)16-19(20(29)21(30)25-18-8-4-5-9-18)26-22(31)24(10-6-3-7-11-24)27-23(32)28-12-14-33-15-13-28/h17-19H,3-16H2,1-2H3,(H,25,30)(H,26,31)(H,27,32)/t19-/m0/s1. The molecule has 3 N–H and O–H groups in total. The molecule has 0 aromatic carbocycles. The van der Waals surface area contributed by atoms with E-state index in [-0.39, 0.29) is 23.9 Å². The first-order valence-corrected chi connectivity index (χ1v) is 12.6. The van der Waals surface area contributed by atoms with Gasteiger partial charge in [-0.25, -0.2) is 4.79 Å². The maximum Gasteiger partial charge on any atom is 0.318 e. The molecule has 0 spiro atoms. The molecular weight excluding hydrogens is 424 g/mol. The Bertz CT molecular complexity index is 708. The predicted molar refractivity (Wildman–Crippen MR) is 124 cm³/mol. The highest BCUT2D eigenvalue weighted by Gasteiger charge is 2.43. The summed E-state index contributed by atoms with van der Waals surface area (Å²) in [5.74, 6) is -1.47. The average Bonchev–Trinajstić information content (AvgIpc) is 3.32. The van der Waals surface area contributed by atoms with E-state index in [1.165, 1.54) is 0 Å². The minimum absolute atomic E-state index is 0.0364. The van der Waals surface area contributed by atoms with Gasteiger partial charge in [-0.1, -0.05) is 46.0 Å². The van der Waals surface area contributed by atoms with Crippen molar-refractivity contribution in [3.63, 3.8) is 0 Å². The fourth-order valence-corrected chi connectivity index (χ4v) is 5.10. The zero-order chi connectivity index (χ0) is 23.8. The number of carbonyl (C=O) groups is 4. The number of morpholine rings is 1. The van der Waals surface area contributed by atoms with Gasteiger partial charge in [0.05, 0.1) is 19.3 Å². The Balaban J connectivity index is 1.70. The maximum atomic E-state index is 13.5. The maximum absolute atomic E-state index is 13.5. The molecule has 3 fully saturated rings. The molecule has 1 atom stereocenters. The highest BCUT2D eigenvalue weighted by Crippen LogP contribution is 2.29. The number of carbonyl (C=O) groups excluding carboxylic acids is 4. The van der Waals surface area contributed by atoms with Gasteiger partial charge in [0.1, 0.15) is 5.54 Å². The summed E-state index contributed by atoms with van der Waals surface area (Å²) < 4.78 is 5.32. The van der Waals surface area contributed by atoms with Gasteiger partial charge >= 0.3 is 6.03 Å². The number of hydrogen-bond acceptors (Lipinski definition) is 5. The molecule has 2 aliphatic carbocycles. The molecule has 0 radical (unpaired) electrons. The Morgan fingerprint density at radius 1 is 0.970 bits per heavy atom. The fraction of sp³-hybridized carbons (Fsp3) is 0.833. The molecule has 33 heavy (non-hydrogen) atoms. The van der Waals surface area contributed by atoms with Gasteiger partial charge in [-0.2, -0.15) is 0 Å². The van der Waals surface area contributed by atoms with E-state index in [1.807, 2.05) is 13.8 Å². The van der Waals surface area contributed by atoms with Crippen molar-refractivity contribution < 1.29 is 23.9 Å². The molecule has 1 saturated heterocycles. The zero-order valence-corrected chi connectivity index (χ0v) is 20.1. The molecule has 0 aromatic heterocycles. The zero-order valence-electron chi connectivity index (χ0n) is 20.1. The molecule has 0 bridgehead atoms. The molecule has 9 nitrogen and oxygen atoms in total. The van der Waals surface area contributed by atoms with Crippen LogP contribution in [0.1, 0.15) is 78.1 Å². The van der Waals surface area contributed by atoms with Crippen LogP contribution < -0.4 is 16.0 Å².